The van der Waals surface area contributed by atoms with Gasteiger partial charge < -0.3 is 9.53 Å². The molecular weight excluding hydrogens is 322 g/mol. The van der Waals surface area contributed by atoms with Gasteiger partial charge in [-0.1, -0.05) is 20.8 Å². The molecule has 0 spiro atoms. The Balaban J connectivity index is 2.47. The number of hydrogen-bond acceptors (Lipinski definition) is 3. The van der Waals surface area contributed by atoms with Crippen LogP contribution in [-0.4, -0.2) is 25.0 Å². The molecule has 3 nitrogen and oxygen atoms in total. The van der Waals surface area contributed by atoms with E-state index in [1.54, 1.807) is 6.20 Å². The van der Waals surface area contributed by atoms with E-state index in [4.69, 9.17) is 4.43 Å². The molecule has 1 atom stereocenters. The molecule has 19 heavy (non-hydrogen) atoms. The van der Waals surface area contributed by atoms with Crippen LogP contribution in [0.2, 0.25) is 18.1 Å². The van der Waals surface area contributed by atoms with Gasteiger partial charge >= 0.3 is 0 Å². The molecule has 1 aromatic rings. The predicted molar refractivity (Wildman–Crippen MR) is 84.7 cm³/mol. The van der Waals surface area contributed by atoms with Gasteiger partial charge in [-0.2, -0.15) is 0 Å². The second-order valence-corrected chi connectivity index (χ2v) is 12.0. The molecule has 0 aromatic carbocycles. The Hall–Kier alpha value is -0.233. The van der Waals surface area contributed by atoms with Crippen LogP contribution >= 0.6 is 15.9 Å². The van der Waals surface area contributed by atoms with Gasteiger partial charge in [0, 0.05) is 23.7 Å². The van der Waals surface area contributed by atoms with Crippen LogP contribution < -0.4 is 0 Å². The summed E-state index contributed by atoms with van der Waals surface area (Å²) < 4.78 is 6.97. The zero-order chi connectivity index (χ0) is 14.7. The monoisotopic (exact) mass is 345 g/mol. The zero-order valence-electron chi connectivity index (χ0n) is 12.4. The van der Waals surface area contributed by atoms with E-state index in [0.717, 1.165) is 4.47 Å². The maximum absolute atomic E-state index is 10.1. The first-order chi connectivity index (χ1) is 8.63. The molecule has 108 valence electrons. The van der Waals surface area contributed by atoms with Crippen molar-refractivity contribution >= 4 is 24.2 Å². The standard InChI is InChI=1S/C14H24BrNO2Si/c1-14(2,3)19(4,5)18-9-8-13(17)12-7-6-11(15)10-16-12/h6-7,10,13,17H,8-9H2,1-5H3. The molecule has 1 unspecified atom stereocenters. The molecule has 0 aliphatic rings. The molecule has 1 aromatic heterocycles. The summed E-state index contributed by atoms with van der Waals surface area (Å²) >= 11 is 3.33. The molecule has 0 amide bonds. The van der Waals surface area contributed by atoms with Gasteiger partial charge in [0.2, 0.25) is 0 Å². The van der Waals surface area contributed by atoms with E-state index in [2.05, 4.69) is 54.8 Å². The Morgan fingerprint density at radius 2 is 2.00 bits per heavy atom. The molecule has 0 radical (unpaired) electrons. The summed E-state index contributed by atoms with van der Waals surface area (Å²) in [6, 6.07) is 3.72. The van der Waals surface area contributed by atoms with Crippen LogP contribution in [0.1, 0.15) is 39.0 Å². The van der Waals surface area contributed by atoms with Gasteiger partial charge in [-0.25, -0.2) is 0 Å². The van der Waals surface area contributed by atoms with E-state index in [9.17, 15) is 5.11 Å². The number of rotatable bonds is 5. The highest BCUT2D eigenvalue weighted by Gasteiger charge is 2.37. The Morgan fingerprint density at radius 3 is 2.47 bits per heavy atom. The lowest BCUT2D eigenvalue weighted by atomic mass is 10.2. The van der Waals surface area contributed by atoms with Gasteiger partial charge in [-0.05, 0) is 46.2 Å². The van der Waals surface area contributed by atoms with Crippen LogP contribution in [0.4, 0.5) is 0 Å². The number of aromatic nitrogens is 1. The fourth-order valence-electron chi connectivity index (χ4n) is 1.37. The highest BCUT2D eigenvalue weighted by molar-refractivity contribution is 9.10. The third-order valence-electron chi connectivity index (χ3n) is 3.75. The van der Waals surface area contributed by atoms with Crippen molar-refractivity contribution in [2.75, 3.05) is 6.61 Å². The molecule has 0 aliphatic carbocycles. The third kappa shape index (κ3) is 4.98. The lowest BCUT2D eigenvalue weighted by Crippen LogP contribution is -2.41. The first-order valence-corrected chi connectivity index (χ1v) is 10.3. The molecule has 0 bridgehead atoms. The van der Waals surface area contributed by atoms with Crippen LogP contribution in [0, 0.1) is 0 Å². The molecular formula is C14H24BrNO2Si. The van der Waals surface area contributed by atoms with Crippen LogP contribution in [-0.2, 0) is 4.43 Å². The van der Waals surface area contributed by atoms with Crippen LogP contribution in [0.15, 0.2) is 22.8 Å². The van der Waals surface area contributed by atoms with Gasteiger partial charge in [-0.15, -0.1) is 0 Å². The van der Waals surface area contributed by atoms with Gasteiger partial charge in [-0.3, -0.25) is 4.98 Å². The van der Waals surface area contributed by atoms with Gasteiger partial charge in [0.15, 0.2) is 8.32 Å². The molecule has 0 saturated heterocycles. The molecule has 0 aliphatic heterocycles. The Kier molecular flexibility index (Phi) is 5.74. The lowest BCUT2D eigenvalue weighted by Gasteiger charge is -2.36. The average molecular weight is 346 g/mol. The second-order valence-electron chi connectivity index (χ2n) is 6.31. The first-order valence-electron chi connectivity index (χ1n) is 6.57. The number of pyridine rings is 1. The smallest absolute Gasteiger partial charge is 0.191 e. The molecule has 0 saturated carbocycles. The summed E-state index contributed by atoms with van der Waals surface area (Å²) in [4.78, 5) is 4.20. The fourth-order valence-corrected chi connectivity index (χ4v) is 2.67. The molecule has 5 heteroatoms. The first kappa shape index (κ1) is 16.8. The van der Waals surface area contributed by atoms with Gasteiger partial charge in [0.1, 0.15) is 0 Å². The van der Waals surface area contributed by atoms with E-state index >= 15 is 0 Å². The largest absolute Gasteiger partial charge is 0.417 e. The summed E-state index contributed by atoms with van der Waals surface area (Å²) in [5.74, 6) is 0. The van der Waals surface area contributed by atoms with Crippen LogP contribution in [0.5, 0.6) is 0 Å². The predicted octanol–water partition coefficient (Wildman–Crippen LogP) is 4.29. The summed E-state index contributed by atoms with van der Waals surface area (Å²) in [6.07, 6.45) is 1.73. The van der Waals surface area contributed by atoms with Crippen molar-refractivity contribution in [3.05, 3.63) is 28.5 Å². The highest BCUT2D eigenvalue weighted by atomic mass is 79.9. The summed E-state index contributed by atoms with van der Waals surface area (Å²) in [5.41, 5.74) is 0.696. The molecule has 1 heterocycles. The number of halogens is 1. The quantitative estimate of drug-likeness (QED) is 0.809. The van der Waals surface area contributed by atoms with Crippen LogP contribution in [0.25, 0.3) is 0 Å². The second kappa shape index (κ2) is 6.48. The minimum atomic E-state index is -1.72. The number of hydrogen-bond donors (Lipinski definition) is 1. The highest BCUT2D eigenvalue weighted by Crippen LogP contribution is 2.36. The number of nitrogens with zero attached hydrogens (tertiary/aromatic N) is 1. The topological polar surface area (TPSA) is 42.4 Å². The van der Waals surface area contributed by atoms with E-state index < -0.39 is 14.4 Å². The lowest BCUT2D eigenvalue weighted by molar-refractivity contribution is 0.132. The average Bonchev–Trinajstić information content (AvgIpc) is 2.28. The van der Waals surface area contributed by atoms with Crippen molar-refractivity contribution in [1.82, 2.24) is 4.98 Å². The van der Waals surface area contributed by atoms with Gasteiger partial charge in [0.25, 0.3) is 0 Å². The summed E-state index contributed by atoms with van der Waals surface area (Å²) in [7, 11) is -1.72. The number of aliphatic hydroxyl groups is 1. The Morgan fingerprint density at radius 1 is 1.37 bits per heavy atom. The van der Waals surface area contributed by atoms with Crippen molar-refractivity contribution in [3.8, 4) is 0 Å². The van der Waals surface area contributed by atoms with Crippen LogP contribution in [0.3, 0.4) is 0 Å². The Labute approximate surface area is 125 Å². The van der Waals surface area contributed by atoms with E-state index in [1.165, 1.54) is 0 Å². The maximum Gasteiger partial charge on any atom is 0.191 e. The van der Waals surface area contributed by atoms with E-state index in [-0.39, 0.29) is 5.04 Å². The fraction of sp³-hybridized carbons (Fsp3) is 0.643. The third-order valence-corrected chi connectivity index (χ3v) is 8.76. The van der Waals surface area contributed by atoms with Gasteiger partial charge in [0.05, 0.1) is 11.8 Å². The molecule has 1 N–H and O–H groups in total. The van der Waals surface area contributed by atoms with Crippen molar-refractivity contribution in [1.29, 1.82) is 0 Å². The van der Waals surface area contributed by atoms with E-state index in [1.807, 2.05) is 12.1 Å². The maximum atomic E-state index is 10.1. The van der Waals surface area contributed by atoms with Crippen molar-refractivity contribution in [3.63, 3.8) is 0 Å². The molecule has 0 fully saturated rings. The zero-order valence-corrected chi connectivity index (χ0v) is 15.0. The van der Waals surface area contributed by atoms with Crippen molar-refractivity contribution in [2.45, 2.75) is 51.4 Å². The Bertz CT molecular complexity index is 401. The summed E-state index contributed by atoms with van der Waals surface area (Å²) in [5, 5.41) is 10.3. The normalized spacial score (nSPS) is 14.5. The van der Waals surface area contributed by atoms with Crippen molar-refractivity contribution < 1.29 is 9.53 Å². The summed E-state index contributed by atoms with van der Waals surface area (Å²) in [6.45, 7) is 11.7. The van der Waals surface area contributed by atoms with Crippen molar-refractivity contribution in [2.24, 2.45) is 0 Å². The van der Waals surface area contributed by atoms with E-state index in [0.29, 0.717) is 18.7 Å². The minimum absolute atomic E-state index is 0.202. The SMILES string of the molecule is CC(C)(C)[Si](C)(C)OCCC(O)c1ccc(Br)cn1. The minimum Gasteiger partial charge on any atom is -0.417 e. The number of aliphatic hydroxyl groups excluding tert-OH is 1. The molecule has 1 rings (SSSR count).